The number of hydrogen-bond donors (Lipinski definition) is 2. The molecule has 1 aliphatic rings. The van der Waals surface area contributed by atoms with Gasteiger partial charge in [0.25, 0.3) is 5.69 Å². The number of nitro benzene ring substituents is 1. The standard InChI is InChI=1S/C17H18Cl2N4O2/c18-13-7-12(8-14(19)9-13)11-21-16-10-15(1-2-17(16)23(24)25)22-5-3-20-4-6-22/h1-2,7-10,20-21H,3-6,11H2. The van der Waals surface area contributed by atoms with E-state index in [0.717, 1.165) is 37.4 Å². The summed E-state index contributed by atoms with van der Waals surface area (Å²) < 4.78 is 0. The third-order valence-electron chi connectivity index (χ3n) is 4.06. The van der Waals surface area contributed by atoms with Crippen LogP contribution < -0.4 is 15.5 Å². The summed E-state index contributed by atoms with van der Waals surface area (Å²) in [6.07, 6.45) is 0. The molecule has 0 aromatic heterocycles. The lowest BCUT2D eigenvalue weighted by Crippen LogP contribution is -2.43. The predicted octanol–water partition coefficient (Wildman–Crippen LogP) is 3.92. The Bertz CT molecular complexity index is 759. The third kappa shape index (κ3) is 4.54. The molecule has 2 aromatic carbocycles. The number of benzene rings is 2. The summed E-state index contributed by atoms with van der Waals surface area (Å²) in [6.45, 7) is 3.95. The minimum absolute atomic E-state index is 0.0482. The molecule has 1 heterocycles. The summed E-state index contributed by atoms with van der Waals surface area (Å²) in [5, 5.41) is 18.8. The molecule has 0 saturated carbocycles. The van der Waals surface area contributed by atoms with E-state index in [-0.39, 0.29) is 10.6 Å². The summed E-state index contributed by atoms with van der Waals surface area (Å²) in [7, 11) is 0. The van der Waals surface area contributed by atoms with Crippen molar-refractivity contribution in [2.24, 2.45) is 0 Å². The van der Waals surface area contributed by atoms with Gasteiger partial charge in [-0.2, -0.15) is 0 Å². The van der Waals surface area contributed by atoms with E-state index in [4.69, 9.17) is 23.2 Å². The number of hydrogen-bond acceptors (Lipinski definition) is 5. The highest BCUT2D eigenvalue weighted by atomic mass is 35.5. The van der Waals surface area contributed by atoms with Crippen LogP contribution >= 0.6 is 23.2 Å². The average molecular weight is 381 g/mol. The Labute approximate surface area is 155 Å². The van der Waals surface area contributed by atoms with Crippen molar-refractivity contribution in [3.05, 3.63) is 62.1 Å². The van der Waals surface area contributed by atoms with Crippen LogP contribution in [-0.2, 0) is 6.54 Å². The van der Waals surface area contributed by atoms with Crippen molar-refractivity contribution in [1.29, 1.82) is 0 Å². The molecule has 25 heavy (non-hydrogen) atoms. The molecule has 8 heteroatoms. The molecule has 0 spiro atoms. The summed E-state index contributed by atoms with van der Waals surface area (Å²) in [5.74, 6) is 0. The summed E-state index contributed by atoms with van der Waals surface area (Å²) in [4.78, 5) is 13.2. The highest BCUT2D eigenvalue weighted by Crippen LogP contribution is 2.30. The van der Waals surface area contributed by atoms with E-state index in [1.54, 1.807) is 30.3 Å². The fraction of sp³-hybridized carbons (Fsp3) is 0.294. The SMILES string of the molecule is O=[N+]([O-])c1ccc(N2CCNCC2)cc1NCc1cc(Cl)cc(Cl)c1. The Morgan fingerprint density at radius 3 is 2.44 bits per heavy atom. The van der Waals surface area contributed by atoms with Crippen molar-refractivity contribution in [2.45, 2.75) is 6.54 Å². The van der Waals surface area contributed by atoms with E-state index in [9.17, 15) is 10.1 Å². The van der Waals surface area contributed by atoms with Gasteiger partial charge in [-0.25, -0.2) is 0 Å². The van der Waals surface area contributed by atoms with Crippen LogP contribution in [0.3, 0.4) is 0 Å². The molecule has 2 aromatic rings. The van der Waals surface area contributed by atoms with Gasteiger partial charge >= 0.3 is 0 Å². The molecule has 0 amide bonds. The molecule has 1 fully saturated rings. The molecule has 0 radical (unpaired) electrons. The lowest BCUT2D eigenvalue weighted by atomic mass is 10.2. The van der Waals surface area contributed by atoms with Crippen LogP contribution in [-0.4, -0.2) is 31.1 Å². The minimum Gasteiger partial charge on any atom is -0.375 e. The van der Waals surface area contributed by atoms with Crippen LogP contribution in [0.5, 0.6) is 0 Å². The van der Waals surface area contributed by atoms with Crippen LogP contribution in [0.15, 0.2) is 36.4 Å². The summed E-state index contributed by atoms with van der Waals surface area (Å²) in [5.41, 5.74) is 2.36. The van der Waals surface area contributed by atoms with Gasteiger partial charge in [0, 0.05) is 54.5 Å². The number of rotatable bonds is 5. The maximum Gasteiger partial charge on any atom is 0.292 e. The lowest BCUT2D eigenvalue weighted by Gasteiger charge is -2.29. The van der Waals surface area contributed by atoms with Gasteiger partial charge in [0.1, 0.15) is 5.69 Å². The second-order valence-corrected chi connectivity index (χ2v) is 6.70. The van der Waals surface area contributed by atoms with Gasteiger partial charge < -0.3 is 15.5 Å². The first-order chi connectivity index (χ1) is 12.0. The second-order valence-electron chi connectivity index (χ2n) is 5.83. The summed E-state index contributed by atoms with van der Waals surface area (Å²) >= 11 is 12.0. The van der Waals surface area contributed by atoms with Gasteiger partial charge in [-0.05, 0) is 35.9 Å². The highest BCUT2D eigenvalue weighted by molar-refractivity contribution is 6.34. The Hall–Kier alpha value is -2.02. The highest BCUT2D eigenvalue weighted by Gasteiger charge is 2.17. The van der Waals surface area contributed by atoms with Gasteiger partial charge in [-0.15, -0.1) is 0 Å². The number of nitro groups is 1. The second kappa shape index (κ2) is 7.91. The van der Waals surface area contributed by atoms with Crippen molar-refractivity contribution in [1.82, 2.24) is 5.32 Å². The zero-order chi connectivity index (χ0) is 17.8. The Balaban J connectivity index is 1.83. The number of anilines is 2. The zero-order valence-corrected chi connectivity index (χ0v) is 15.0. The van der Waals surface area contributed by atoms with E-state index >= 15 is 0 Å². The van der Waals surface area contributed by atoms with Crippen molar-refractivity contribution < 1.29 is 4.92 Å². The molecule has 0 atom stereocenters. The molecule has 0 unspecified atom stereocenters. The van der Waals surface area contributed by atoms with E-state index in [1.807, 2.05) is 6.07 Å². The van der Waals surface area contributed by atoms with Crippen LogP contribution in [0.1, 0.15) is 5.56 Å². The third-order valence-corrected chi connectivity index (χ3v) is 4.50. The molecule has 2 N–H and O–H groups in total. The molecule has 6 nitrogen and oxygen atoms in total. The Morgan fingerprint density at radius 1 is 1.12 bits per heavy atom. The topological polar surface area (TPSA) is 70.4 Å². The van der Waals surface area contributed by atoms with E-state index in [0.29, 0.717) is 22.3 Å². The van der Waals surface area contributed by atoms with Gasteiger partial charge in [-0.3, -0.25) is 10.1 Å². The quantitative estimate of drug-likeness (QED) is 0.607. The number of piperazine rings is 1. The first-order valence-electron chi connectivity index (χ1n) is 7.96. The fourth-order valence-corrected chi connectivity index (χ4v) is 3.43. The lowest BCUT2D eigenvalue weighted by molar-refractivity contribution is -0.384. The van der Waals surface area contributed by atoms with Crippen LogP contribution in [0, 0.1) is 10.1 Å². The number of halogens is 2. The van der Waals surface area contributed by atoms with Crippen molar-refractivity contribution in [2.75, 3.05) is 36.4 Å². The average Bonchev–Trinajstić information content (AvgIpc) is 2.59. The predicted molar refractivity (Wildman–Crippen MR) is 102 cm³/mol. The van der Waals surface area contributed by atoms with E-state index in [1.165, 1.54) is 0 Å². The Morgan fingerprint density at radius 2 is 1.80 bits per heavy atom. The largest absolute Gasteiger partial charge is 0.375 e. The number of nitrogens with one attached hydrogen (secondary N) is 2. The van der Waals surface area contributed by atoms with Crippen molar-refractivity contribution in [3.8, 4) is 0 Å². The van der Waals surface area contributed by atoms with Gasteiger partial charge in [0.05, 0.1) is 4.92 Å². The molecule has 3 rings (SSSR count). The molecular weight excluding hydrogens is 363 g/mol. The van der Waals surface area contributed by atoms with Crippen LogP contribution in [0.2, 0.25) is 10.0 Å². The molecule has 0 aliphatic carbocycles. The van der Waals surface area contributed by atoms with Gasteiger partial charge in [0.15, 0.2) is 0 Å². The Kier molecular flexibility index (Phi) is 5.63. The smallest absolute Gasteiger partial charge is 0.292 e. The van der Waals surface area contributed by atoms with Gasteiger partial charge in [0.2, 0.25) is 0 Å². The van der Waals surface area contributed by atoms with Crippen molar-refractivity contribution >= 4 is 40.3 Å². The monoisotopic (exact) mass is 380 g/mol. The number of nitrogens with zero attached hydrogens (tertiary/aromatic N) is 2. The first kappa shape index (κ1) is 17.8. The van der Waals surface area contributed by atoms with Crippen LogP contribution in [0.25, 0.3) is 0 Å². The maximum atomic E-state index is 11.3. The van der Waals surface area contributed by atoms with Gasteiger partial charge in [-0.1, -0.05) is 23.2 Å². The van der Waals surface area contributed by atoms with Crippen LogP contribution in [0.4, 0.5) is 17.1 Å². The van der Waals surface area contributed by atoms with E-state index < -0.39 is 0 Å². The summed E-state index contributed by atoms with van der Waals surface area (Å²) in [6, 6.07) is 10.4. The maximum absolute atomic E-state index is 11.3. The minimum atomic E-state index is -0.380. The van der Waals surface area contributed by atoms with E-state index in [2.05, 4.69) is 15.5 Å². The normalized spacial score (nSPS) is 14.4. The molecule has 1 saturated heterocycles. The molecule has 1 aliphatic heterocycles. The molecule has 132 valence electrons. The molecular formula is C17H18Cl2N4O2. The van der Waals surface area contributed by atoms with Crippen molar-refractivity contribution in [3.63, 3.8) is 0 Å². The first-order valence-corrected chi connectivity index (χ1v) is 8.71. The fourth-order valence-electron chi connectivity index (χ4n) is 2.85. The zero-order valence-electron chi connectivity index (χ0n) is 13.5. The molecule has 0 bridgehead atoms.